The van der Waals surface area contributed by atoms with E-state index in [0.717, 1.165) is 18.6 Å². The molecule has 1 N–H and O–H groups in total. The molecule has 0 unspecified atom stereocenters. The Kier molecular flexibility index (Phi) is 8.00. The molecule has 0 saturated heterocycles. The second-order valence-corrected chi connectivity index (χ2v) is 5.76. The maximum atomic E-state index is 13.1. The summed E-state index contributed by atoms with van der Waals surface area (Å²) in [7, 11) is 0. The van der Waals surface area contributed by atoms with Crippen LogP contribution in [0.4, 0.5) is 8.78 Å². The van der Waals surface area contributed by atoms with Crippen LogP contribution in [0.1, 0.15) is 37.7 Å². The molecule has 0 aliphatic carbocycles. The smallest absolute Gasteiger partial charge is 0.227 e. The highest BCUT2D eigenvalue weighted by atomic mass is 19.2. The maximum absolute atomic E-state index is 13.1. The number of ether oxygens (including phenoxy) is 2. The lowest BCUT2D eigenvalue weighted by Gasteiger charge is -2.09. The summed E-state index contributed by atoms with van der Waals surface area (Å²) in [6, 6.07) is 4.61. The summed E-state index contributed by atoms with van der Waals surface area (Å²) in [6.45, 7) is 2.10. The summed E-state index contributed by atoms with van der Waals surface area (Å²) in [5.41, 5.74) is -0.347. The van der Waals surface area contributed by atoms with Gasteiger partial charge in [-0.3, -0.25) is 4.79 Å². The first-order valence-electron chi connectivity index (χ1n) is 8.66. The van der Waals surface area contributed by atoms with Gasteiger partial charge in [0, 0.05) is 12.1 Å². The minimum Gasteiger partial charge on any atom is -0.493 e. The minimum atomic E-state index is -0.941. The van der Waals surface area contributed by atoms with Crippen LogP contribution in [0.15, 0.2) is 39.6 Å². The summed E-state index contributed by atoms with van der Waals surface area (Å²) in [4.78, 5) is 12.1. The van der Waals surface area contributed by atoms with Gasteiger partial charge in [-0.25, -0.2) is 8.78 Å². The van der Waals surface area contributed by atoms with Gasteiger partial charge < -0.3 is 19.0 Å². The highest BCUT2D eigenvalue weighted by Crippen LogP contribution is 2.18. The molecule has 146 valence electrons. The fourth-order valence-corrected chi connectivity index (χ4v) is 2.34. The minimum absolute atomic E-state index is 0.114. The average molecular weight is 380 g/mol. The van der Waals surface area contributed by atoms with E-state index in [-0.39, 0.29) is 35.1 Å². The van der Waals surface area contributed by atoms with E-state index in [1.807, 2.05) is 0 Å². The summed E-state index contributed by atoms with van der Waals surface area (Å²) in [6.07, 6.45) is 5.45. The number of allylic oxidation sites excluding steroid dienone is 1. The molecular formula is C20H22F2O5. The molecule has 0 saturated carbocycles. The van der Waals surface area contributed by atoms with Gasteiger partial charge in [0.1, 0.15) is 18.1 Å². The van der Waals surface area contributed by atoms with Crippen LogP contribution in [-0.4, -0.2) is 18.3 Å². The van der Waals surface area contributed by atoms with E-state index in [1.54, 1.807) is 19.1 Å². The number of hydrogen-bond acceptors (Lipinski definition) is 5. The molecule has 2 rings (SSSR count). The molecule has 0 aliphatic heterocycles. The fraction of sp³-hybridized carbons (Fsp3) is 0.350. The lowest BCUT2D eigenvalue weighted by molar-refractivity contribution is 0.234. The van der Waals surface area contributed by atoms with Gasteiger partial charge in [-0.05, 0) is 44.4 Å². The first kappa shape index (κ1) is 20.6. The van der Waals surface area contributed by atoms with Crippen molar-refractivity contribution >= 4 is 6.08 Å². The van der Waals surface area contributed by atoms with Crippen molar-refractivity contribution in [2.75, 3.05) is 13.2 Å². The number of rotatable bonds is 10. The second kappa shape index (κ2) is 10.5. The molecule has 0 aliphatic rings. The van der Waals surface area contributed by atoms with Gasteiger partial charge in [-0.1, -0.05) is 6.08 Å². The van der Waals surface area contributed by atoms with Gasteiger partial charge in [0.05, 0.1) is 13.2 Å². The predicted molar refractivity (Wildman–Crippen MR) is 96.8 cm³/mol. The van der Waals surface area contributed by atoms with Crippen molar-refractivity contribution in [1.82, 2.24) is 0 Å². The Balaban J connectivity index is 1.75. The Labute approximate surface area is 155 Å². The van der Waals surface area contributed by atoms with Gasteiger partial charge in [0.25, 0.3) is 0 Å². The quantitative estimate of drug-likeness (QED) is 0.629. The van der Waals surface area contributed by atoms with Crippen molar-refractivity contribution in [1.29, 1.82) is 0 Å². The second-order valence-electron chi connectivity index (χ2n) is 5.76. The van der Waals surface area contributed by atoms with Crippen molar-refractivity contribution in [3.05, 3.63) is 63.7 Å². The monoisotopic (exact) mass is 380 g/mol. The predicted octanol–water partition coefficient (Wildman–Crippen LogP) is 4.07. The van der Waals surface area contributed by atoms with Crippen molar-refractivity contribution in [2.45, 2.75) is 32.8 Å². The third-order valence-corrected chi connectivity index (χ3v) is 3.65. The van der Waals surface area contributed by atoms with Gasteiger partial charge >= 0.3 is 0 Å². The maximum Gasteiger partial charge on any atom is 0.227 e. The molecule has 0 spiro atoms. The van der Waals surface area contributed by atoms with Crippen molar-refractivity contribution in [3.63, 3.8) is 0 Å². The summed E-state index contributed by atoms with van der Waals surface area (Å²) >= 11 is 0. The Bertz CT molecular complexity index is 830. The van der Waals surface area contributed by atoms with Crippen molar-refractivity contribution in [2.24, 2.45) is 0 Å². The largest absolute Gasteiger partial charge is 0.493 e. The molecule has 1 aromatic heterocycles. The van der Waals surface area contributed by atoms with Crippen LogP contribution in [0, 0.1) is 11.6 Å². The van der Waals surface area contributed by atoms with E-state index in [9.17, 15) is 13.6 Å². The van der Waals surface area contributed by atoms with E-state index in [2.05, 4.69) is 0 Å². The molecule has 0 radical (unpaired) electrons. The van der Waals surface area contributed by atoms with Gasteiger partial charge in [-0.2, -0.15) is 0 Å². The zero-order valence-electron chi connectivity index (χ0n) is 15.0. The van der Waals surface area contributed by atoms with E-state index in [4.69, 9.17) is 19.0 Å². The van der Waals surface area contributed by atoms with Crippen molar-refractivity contribution < 1.29 is 27.8 Å². The third-order valence-electron chi connectivity index (χ3n) is 3.65. The molecule has 0 fully saturated rings. The number of aliphatic hydroxyl groups excluding tert-OH is 1. The van der Waals surface area contributed by atoms with E-state index in [1.165, 1.54) is 12.1 Å². The van der Waals surface area contributed by atoms with Crippen LogP contribution in [0.2, 0.25) is 0 Å². The molecule has 1 aromatic carbocycles. The third kappa shape index (κ3) is 6.21. The van der Waals surface area contributed by atoms with Crippen molar-refractivity contribution in [3.8, 4) is 11.5 Å². The molecule has 27 heavy (non-hydrogen) atoms. The fourth-order valence-electron chi connectivity index (χ4n) is 2.34. The number of hydrogen-bond donors (Lipinski definition) is 1. The number of halogens is 2. The Hall–Kier alpha value is -2.67. The SMILES string of the molecule is CC=Cc1oc(CO)cc(=O)c1OCCCCCOc1ccc(F)c(F)c1. The van der Waals surface area contributed by atoms with Crippen LogP contribution < -0.4 is 14.9 Å². The zero-order valence-corrected chi connectivity index (χ0v) is 15.0. The van der Waals surface area contributed by atoms with Crippen LogP contribution >= 0.6 is 0 Å². The average Bonchev–Trinajstić information content (AvgIpc) is 2.65. The van der Waals surface area contributed by atoms with Crippen LogP contribution in [-0.2, 0) is 6.61 Å². The first-order valence-corrected chi connectivity index (χ1v) is 8.66. The highest BCUT2D eigenvalue weighted by Gasteiger charge is 2.11. The molecule has 0 bridgehead atoms. The highest BCUT2D eigenvalue weighted by molar-refractivity contribution is 5.50. The topological polar surface area (TPSA) is 68.9 Å². The Morgan fingerprint density at radius 3 is 2.48 bits per heavy atom. The number of unbranched alkanes of at least 4 members (excludes halogenated alkanes) is 2. The number of aliphatic hydroxyl groups is 1. The number of benzene rings is 1. The Morgan fingerprint density at radius 2 is 1.81 bits per heavy atom. The summed E-state index contributed by atoms with van der Waals surface area (Å²) in [5.74, 6) is -1.01. The van der Waals surface area contributed by atoms with Crippen LogP contribution in [0.5, 0.6) is 11.5 Å². The van der Waals surface area contributed by atoms with Gasteiger partial charge in [0.15, 0.2) is 17.4 Å². The normalized spacial score (nSPS) is 11.1. The molecule has 1 heterocycles. The van der Waals surface area contributed by atoms with E-state index in [0.29, 0.717) is 26.1 Å². The molecule has 0 amide bonds. The first-order chi connectivity index (χ1) is 13.0. The standard InChI is InChI=1S/C20H22F2O5/c1-2-6-19-20(18(24)12-15(13-23)27-19)26-10-5-3-4-9-25-14-7-8-16(21)17(22)11-14/h2,6-8,11-12,23H,3-5,9-10,13H2,1H3. The lowest BCUT2D eigenvalue weighted by Crippen LogP contribution is -2.11. The molecule has 0 atom stereocenters. The molecule has 5 nitrogen and oxygen atoms in total. The summed E-state index contributed by atoms with van der Waals surface area (Å²) in [5, 5.41) is 9.10. The van der Waals surface area contributed by atoms with E-state index >= 15 is 0 Å². The van der Waals surface area contributed by atoms with Gasteiger partial charge in [-0.15, -0.1) is 0 Å². The molecule has 7 heteroatoms. The Morgan fingerprint density at radius 1 is 1.07 bits per heavy atom. The van der Waals surface area contributed by atoms with Crippen LogP contribution in [0.25, 0.3) is 6.08 Å². The van der Waals surface area contributed by atoms with E-state index < -0.39 is 11.6 Å². The zero-order chi connectivity index (χ0) is 19.6. The lowest BCUT2D eigenvalue weighted by atomic mass is 10.2. The van der Waals surface area contributed by atoms with Crippen LogP contribution in [0.3, 0.4) is 0 Å². The van der Waals surface area contributed by atoms with Gasteiger partial charge in [0.2, 0.25) is 11.2 Å². The summed E-state index contributed by atoms with van der Waals surface area (Å²) < 4.78 is 42.2. The molecule has 2 aromatic rings. The molecular weight excluding hydrogens is 358 g/mol.